The van der Waals surface area contributed by atoms with Crippen molar-refractivity contribution in [1.29, 1.82) is 0 Å². The zero-order valence-electron chi connectivity index (χ0n) is 38.5. The number of benzene rings is 2. The van der Waals surface area contributed by atoms with E-state index >= 15 is 0 Å². The zero-order valence-corrected chi connectivity index (χ0v) is 40.1. The Morgan fingerprint density at radius 1 is 0.794 bits per heavy atom. The van der Waals surface area contributed by atoms with Crippen LogP contribution >= 0.6 is 22.9 Å². The van der Waals surface area contributed by atoms with Crippen molar-refractivity contribution >= 4 is 69.0 Å². The molecule has 4 N–H and O–H groups in total. The molecule has 5 aromatic rings. The zero-order chi connectivity index (χ0) is 47.8. The van der Waals surface area contributed by atoms with E-state index < -0.39 is 12.1 Å². The maximum Gasteiger partial charge on any atom is 0.328 e. The minimum Gasteiger partial charge on any atom is -0.377 e. The summed E-state index contributed by atoms with van der Waals surface area (Å²) in [7, 11) is 0. The lowest BCUT2D eigenvalue weighted by Gasteiger charge is -2.26. The Kier molecular flexibility index (Phi) is 18.6. The summed E-state index contributed by atoms with van der Waals surface area (Å²) < 4.78 is 35.5. The summed E-state index contributed by atoms with van der Waals surface area (Å²) in [6.07, 6.45) is 2.33. The highest BCUT2D eigenvalue weighted by Crippen LogP contribution is 2.39. The summed E-state index contributed by atoms with van der Waals surface area (Å²) in [5, 5.41) is 19.5. The third-order valence-electron chi connectivity index (χ3n) is 11.2. The van der Waals surface area contributed by atoms with Crippen LogP contribution in [0.5, 0.6) is 0 Å². The van der Waals surface area contributed by atoms with Crippen LogP contribution in [0.1, 0.15) is 57.7 Å². The average molecular weight is 977 g/mol. The summed E-state index contributed by atoms with van der Waals surface area (Å²) in [5.41, 5.74) is 6.17. The number of fused-ring (bicyclic) bond motifs is 4. The Morgan fingerprint density at radius 2 is 1.40 bits per heavy atom. The number of thiophene rings is 1. The van der Waals surface area contributed by atoms with E-state index in [9.17, 15) is 19.2 Å². The molecule has 1 atom stereocenters. The van der Waals surface area contributed by atoms with Crippen molar-refractivity contribution in [2.24, 2.45) is 4.99 Å². The van der Waals surface area contributed by atoms with Crippen LogP contribution in [0.25, 0.3) is 15.9 Å². The molecule has 1 saturated heterocycles. The first-order valence-corrected chi connectivity index (χ1v) is 23.8. The Labute approximate surface area is 403 Å². The molecule has 364 valence electrons. The van der Waals surface area contributed by atoms with Gasteiger partial charge in [-0.15, -0.1) is 21.5 Å². The van der Waals surface area contributed by atoms with Gasteiger partial charge in [0, 0.05) is 69.9 Å². The largest absolute Gasteiger partial charge is 0.377 e. The minimum atomic E-state index is -0.546. The first-order chi connectivity index (χ1) is 33.1. The number of aromatic nitrogens is 4. The molecule has 5 heterocycles. The van der Waals surface area contributed by atoms with Gasteiger partial charge in [-0.05, 0) is 56.2 Å². The average Bonchev–Trinajstić information content (AvgIpc) is 3.97. The van der Waals surface area contributed by atoms with Gasteiger partial charge in [-0.2, -0.15) is 0 Å². The van der Waals surface area contributed by atoms with E-state index in [0.29, 0.717) is 115 Å². The smallest absolute Gasteiger partial charge is 0.328 e. The second-order valence-electron chi connectivity index (χ2n) is 16.0. The third kappa shape index (κ3) is 13.6. The van der Waals surface area contributed by atoms with E-state index in [1.54, 1.807) is 17.5 Å². The standard InChI is InChI=1S/C47H58ClN9O10S/c1-30-31(2)68-46-43(30)44(33-4-6-35(48)7-5-33)52-39(45-55-54-32(3)57(45)46)28-42(60)50-12-15-63-17-19-65-21-23-67-25-24-66-22-20-64-18-16-62-14-11-49-41(59)26-34-29-51-38-27-36(8-9-37(34)38)56-13-10-40(58)53-47(56)61/h4-9,27,29,39,51H,10-26,28H2,1-3H3,(H,49,59)(H,50,60)(H,53,58,61)/t39-/m0/s1. The van der Waals surface area contributed by atoms with E-state index in [1.807, 2.05) is 54.0 Å². The number of rotatable bonds is 27. The summed E-state index contributed by atoms with van der Waals surface area (Å²) in [6, 6.07) is 12.1. The van der Waals surface area contributed by atoms with Crippen LogP contribution in [-0.4, -0.2) is 148 Å². The van der Waals surface area contributed by atoms with Crippen molar-refractivity contribution in [3.63, 3.8) is 0 Å². The molecule has 19 nitrogen and oxygen atoms in total. The number of aryl methyl sites for hydroxylation is 2. The lowest BCUT2D eigenvalue weighted by Crippen LogP contribution is -2.49. The van der Waals surface area contributed by atoms with Gasteiger partial charge in [-0.25, -0.2) is 4.79 Å². The number of H-pyrrole nitrogens is 1. The number of urea groups is 1. The van der Waals surface area contributed by atoms with Crippen molar-refractivity contribution in [3.05, 3.63) is 92.5 Å². The molecular weight excluding hydrogens is 918 g/mol. The highest BCUT2D eigenvalue weighted by molar-refractivity contribution is 7.15. The summed E-state index contributed by atoms with van der Waals surface area (Å²) in [4.78, 5) is 60.4. The van der Waals surface area contributed by atoms with E-state index in [0.717, 1.165) is 49.7 Å². The first-order valence-electron chi connectivity index (χ1n) is 22.6. The van der Waals surface area contributed by atoms with E-state index in [2.05, 4.69) is 45.0 Å². The molecule has 2 aliphatic heterocycles. The topological polar surface area (TPSA) is 222 Å². The fourth-order valence-electron chi connectivity index (χ4n) is 7.64. The Balaban J connectivity index is 0.655. The number of imide groups is 1. The number of carbonyl (C=O) groups excluding carboxylic acids is 4. The molecule has 0 unspecified atom stereocenters. The van der Waals surface area contributed by atoms with E-state index in [4.69, 9.17) is 45.0 Å². The monoisotopic (exact) mass is 975 g/mol. The lowest BCUT2D eigenvalue weighted by atomic mass is 9.99. The predicted octanol–water partition coefficient (Wildman–Crippen LogP) is 4.69. The Hall–Kier alpha value is -5.58. The normalized spacial score (nSPS) is 14.7. The van der Waals surface area contributed by atoms with Crippen LogP contribution in [0.15, 0.2) is 53.7 Å². The number of halogens is 1. The first kappa shape index (κ1) is 50.3. The van der Waals surface area contributed by atoms with Gasteiger partial charge in [-0.1, -0.05) is 29.8 Å². The van der Waals surface area contributed by atoms with Crippen molar-refractivity contribution in [3.8, 4) is 5.00 Å². The predicted molar refractivity (Wildman–Crippen MR) is 256 cm³/mol. The summed E-state index contributed by atoms with van der Waals surface area (Å²) in [6.45, 7) is 11.9. The number of aromatic amines is 1. The van der Waals surface area contributed by atoms with Crippen molar-refractivity contribution in [2.75, 3.05) is 104 Å². The van der Waals surface area contributed by atoms with Crippen LogP contribution in [0.3, 0.4) is 0 Å². The molecular formula is C47H58ClN9O10S. The molecule has 0 bridgehead atoms. The highest BCUT2D eigenvalue weighted by atomic mass is 35.5. The number of hydrogen-bond donors (Lipinski definition) is 4. The number of aliphatic imine (C=N–C) groups is 1. The van der Waals surface area contributed by atoms with Gasteiger partial charge in [-0.3, -0.25) is 34.2 Å². The van der Waals surface area contributed by atoms with Crippen molar-refractivity contribution in [1.82, 2.24) is 35.7 Å². The van der Waals surface area contributed by atoms with Gasteiger partial charge in [0.25, 0.3) is 0 Å². The molecule has 2 aliphatic rings. The molecule has 2 aromatic carbocycles. The molecule has 68 heavy (non-hydrogen) atoms. The van der Waals surface area contributed by atoms with Gasteiger partial charge in [0.15, 0.2) is 5.82 Å². The fraction of sp³-hybridized carbons (Fsp3) is 0.468. The number of anilines is 1. The quantitative estimate of drug-likeness (QED) is 0.0527. The molecule has 0 saturated carbocycles. The molecule has 5 amide bonds. The number of hydrogen-bond acceptors (Lipinski definition) is 14. The van der Waals surface area contributed by atoms with Crippen LogP contribution in [0, 0.1) is 20.8 Å². The minimum absolute atomic E-state index is 0.0994. The lowest BCUT2D eigenvalue weighted by molar-refractivity contribution is -0.122. The van der Waals surface area contributed by atoms with Gasteiger partial charge in [0.1, 0.15) is 16.9 Å². The van der Waals surface area contributed by atoms with Crippen molar-refractivity contribution in [2.45, 2.75) is 46.1 Å². The number of amides is 5. The SMILES string of the molecule is Cc1sc2c(c1C)C(c1ccc(Cl)cc1)=N[C@@H](CC(=O)NCCOCCOCCOCCOCCOCCOCCNC(=O)Cc1c[nH]c3cc(N4CCC(=O)NC4=O)ccc13)c1nnc(C)n1-2. The Bertz CT molecular complexity index is 2540. The van der Waals surface area contributed by atoms with Crippen LogP contribution in [0.2, 0.25) is 5.02 Å². The maximum atomic E-state index is 13.2. The number of ether oxygens (including phenoxy) is 6. The van der Waals surface area contributed by atoms with Crippen molar-refractivity contribution < 1.29 is 47.6 Å². The maximum absolute atomic E-state index is 13.2. The molecule has 3 aromatic heterocycles. The summed E-state index contributed by atoms with van der Waals surface area (Å²) in [5.74, 6) is 0.786. The summed E-state index contributed by atoms with van der Waals surface area (Å²) >= 11 is 7.89. The fourth-order valence-corrected chi connectivity index (χ4v) is 8.98. The number of nitrogens with one attached hydrogen (secondary N) is 4. The van der Waals surface area contributed by atoms with Gasteiger partial charge in [0.05, 0.1) is 97.8 Å². The van der Waals surface area contributed by atoms with E-state index in [-0.39, 0.29) is 37.0 Å². The molecule has 0 radical (unpaired) electrons. The van der Waals surface area contributed by atoms with Crippen LogP contribution < -0.4 is 20.9 Å². The molecule has 7 rings (SSSR count). The second-order valence-corrected chi connectivity index (χ2v) is 17.6. The number of carbonyl (C=O) groups is 4. The second kappa shape index (κ2) is 25.2. The molecule has 0 spiro atoms. The molecule has 21 heteroatoms. The van der Waals surface area contributed by atoms with Crippen LogP contribution in [0.4, 0.5) is 10.5 Å². The van der Waals surface area contributed by atoms with Gasteiger partial charge >= 0.3 is 6.03 Å². The van der Waals surface area contributed by atoms with Gasteiger partial charge < -0.3 is 44.0 Å². The van der Waals surface area contributed by atoms with E-state index in [1.165, 1.54) is 9.78 Å². The third-order valence-corrected chi connectivity index (χ3v) is 12.6. The Morgan fingerprint density at radius 3 is 2.01 bits per heavy atom. The molecule has 0 aliphatic carbocycles. The molecule has 1 fully saturated rings. The highest BCUT2D eigenvalue weighted by Gasteiger charge is 2.32. The van der Waals surface area contributed by atoms with Gasteiger partial charge in [0.2, 0.25) is 17.7 Å². The number of nitrogens with zero attached hydrogens (tertiary/aromatic N) is 5. The van der Waals surface area contributed by atoms with Crippen LogP contribution in [-0.2, 0) is 49.2 Å².